The van der Waals surface area contributed by atoms with E-state index in [9.17, 15) is 0 Å². The fourth-order valence-electron chi connectivity index (χ4n) is 5.69. The third-order valence-electron chi connectivity index (χ3n) is 7.38. The Kier molecular flexibility index (Phi) is 5.46. The Morgan fingerprint density at radius 3 is 1.33 bits per heavy atom. The molecule has 6 aromatic rings. The summed E-state index contributed by atoms with van der Waals surface area (Å²) in [6.45, 7) is 8.76. The van der Waals surface area contributed by atoms with Gasteiger partial charge in [-0.3, -0.25) is 0 Å². The average molecular weight is 463 g/mol. The normalized spacial score (nSPS) is 11.3. The van der Waals surface area contributed by atoms with Crippen LogP contribution in [-0.2, 0) is 0 Å². The summed E-state index contributed by atoms with van der Waals surface area (Å²) in [5.74, 6) is 0. The lowest BCUT2D eigenvalue weighted by Gasteiger charge is -2.16. The molecular formula is C36H30. The van der Waals surface area contributed by atoms with Gasteiger partial charge in [0, 0.05) is 0 Å². The van der Waals surface area contributed by atoms with Crippen LogP contribution in [0.15, 0.2) is 109 Å². The molecule has 0 amide bonds. The minimum atomic E-state index is 1.27. The Bertz CT molecular complexity index is 1640. The third kappa shape index (κ3) is 3.89. The lowest BCUT2D eigenvalue weighted by atomic mass is 9.87. The van der Waals surface area contributed by atoms with Gasteiger partial charge in [0.2, 0.25) is 0 Å². The van der Waals surface area contributed by atoms with E-state index in [1.54, 1.807) is 0 Å². The molecule has 0 heterocycles. The number of hydrogen-bond donors (Lipinski definition) is 0. The van der Waals surface area contributed by atoms with Crippen LogP contribution >= 0.6 is 0 Å². The summed E-state index contributed by atoms with van der Waals surface area (Å²) in [6, 6.07) is 40.5. The van der Waals surface area contributed by atoms with Crippen molar-refractivity contribution in [1.82, 2.24) is 0 Å². The van der Waals surface area contributed by atoms with Crippen molar-refractivity contribution in [1.29, 1.82) is 0 Å². The summed E-state index contributed by atoms with van der Waals surface area (Å²) >= 11 is 0. The second-order valence-electron chi connectivity index (χ2n) is 10.1. The van der Waals surface area contributed by atoms with Crippen molar-refractivity contribution < 1.29 is 0 Å². The van der Waals surface area contributed by atoms with Gasteiger partial charge in [0.15, 0.2) is 0 Å². The monoisotopic (exact) mass is 462 g/mol. The molecule has 0 aliphatic rings. The molecule has 0 saturated heterocycles. The predicted molar refractivity (Wildman–Crippen MR) is 157 cm³/mol. The molecule has 6 rings (SSSR count). The predicted octanol–water partition coefficient (Wildman–Crippen LogP) is 10.2. The molecule has 0 bridgehead atoms. The van der Waals surface area contributed by atoms with Crippen LogP contribution in [0.2, 0.25) is 0 Å². The number of fused-ring (bicyclic) bond motifs is 2. The smallest absolute Gasteiger partial charge is 0.00266 e. The summed E-state index contributed by atoms with van der Waals surface area (Å²) in [5.41, 5.74) is 12.9. The van der Waals surface area contributed by atoms with Crippen LogP contribution in [0.3, 0.4) is 0 Å². The lowest BCUT2D eigenvalue weighted by molar-refractivity contribution is 1.39. The van der Waals surface area contributed by atoms with E-state index < -0.39 is 0 Å². The molecule has 0 heteroatoms. The van der Waals surface area contributed by atoms with E-state index >= 15 is 0 Å². The lowest BCUT2D eigenvalue weighted by Crippen LogP contribution is -1.90. The first kappa shape index (κ1) is 22.3. The second-order valence-corrected chi connectivity index (χ2v) is 10.1. The van der Waals surface area contributed by atoms with Gasteiger partial charge >= 0.3 is 0 Å². The number of rotatable bonds is 3. The maximum Gasteiger partial charge on any atom is -0.00266 e. The van der Waals surface area contributed by atoms with Crippen molar-refractivity contribution in [3.8, 4) is 33.4 Å². The highest BCUT2D eigenvalue weighted by Crippen LogP contribution is 2.40. The van der Waals surface area contributed by atoms with Crippen LogP contribution in [-0.4, -0.2) is 0 Å². The van der Waals surface area contributed by atoms with Gasteiger partial charge in [-0.25, -0.2) is 0 Å². The molecule has 0 radical (unpaired) electrons. The second kappa shape index (κ2) is 8.81. The maximum atomic E-state index is 2.38. The fraction of sp³-hybridized carbons (Fsp3) is 0.111. The molecule has 174 valence electrons. The minimum Gasteiger partial charge on any atom is -0.0620 e. The molecule has 0 fully saturated rings. The van der Waals surface area contributed by atoms with Crippen molar-refractivity contribution in [2.45, 2.75) is 27.7 Å². The van der Waals surface area contributed by atoms with Gasteiger partial charge in [0.05, 0.1) is 0 Å². The zero-order valence-corrected chi connectivity index (χ0v) is 21.4. The molecule has 0 unspecified atom stereocenters. The van der Waals surface area contributed by atoms with Crippen molar-refractivity contribution in [3.05, 3.63) is 131 Å². The van der Waals surface area contributed by atoms with Gasteiger partial charge in [-0.1, -0.05) is 102 Å². The molecule has 6 aromatic carbocycles. The summed E-state index contributed by atoms with van der Waals surface area (Å²) in [7, 11) is 0. The van der Waals surface area contributed by atoms with E-state index in [4.69, 9.17) is 0 Å². The zero-order valence-electron chi connectivity index (χ0n) is 21.4. The van der Waals surface area contributed by atoms with Gasteiger partial charge in [0.25, 0.3) is 0 Å². The molecule has 0 atom stereocenters. The molecule has 0 aromatic heterocycles. The molecule has 0 aliphatic heterocycles. The molecular weight excluding hydrogens is 432 g/mol. The molecule has 36 heavy (non-hydrogen) atoms. The van der Waals surface area contributed by atoms with Gasteiger partial charge < -0.3 is 0 Å². The van der Waals surface area contributed by atoms with Crippen LogP contribution in [0.25, 0.3) is 54.9 Å². The van der Waals surface area contributed by atoms with E-state index in [2.05, 4.69) is 137 Å². The van der Waals surface area contributed by atoms with Crippen LogP contribution in [0.1, 0.15) is 22.3 Å². The van der Waals surface area contributed by atoms with Crippen LogP contribution in [0.4, 0.5) is 0 Å². The highest BCUT2D eigenvalue weighted by Gasteiger charge is 2.14. The Morgan fingerprint density at radius 1 is 0.389 bits per heavy atom. The third-order valence-corrected chi connectivity index (χ3v) is 7.38. The summed E-state index contributed by atoms with van der Waals surface area (Å²) < 4.78 is 0. The van der Waals surface area contributed by atoms with E-state index in [0.29, 0.717) is 0 Å². The van der Waals surface area contributed by atoms with Crippen molar-refractivity contribution >= 4 is 21.5 Å². The van der Waals surface area contributed by atoms with E-state index in [1.165, 1.54) is 77.2 Å². The maximum absolute atomic E-state index is 2.38. The first-order chi connectivity index (χ1) is 17.5. The molecule has 0 spiro atoms. The standard InChI is InChI=1S/C36H30/c1-23-17-24(2)19-31(18-23)36-34-15-13-27(32-11-7-5-9-25(32)3)20-29(34)22-30-21-28(14-16-35(30)36)33-12-8-6-10-26(33)4/h5-22H,1-4H3. The summed E-state index contributed by atoms with van der Waals surface area (Å²) in [4.78, 5) is 0. The zero-order chi connectivity index (χ0) is 24.8. The quantitative estimate of drug-likeness (QED) is 0.229. The van der Waals surface area contributed by atoms with E-state index in [0.717, 1.165) is 0 Å². The van der Waals surface area contributed by atoms with Crippen molar-refractivity contribution in [2.24, 2.45) is 0 Å². The first-order valence-electron chi connectivity index (χ1n) is 12.7. The SMILES string of the molecule is Cc1cc(C)cc(-c2c3ccc(-c4ccccc4C)cc3cc3cc(-c4ccccc4C)ccc23)c1. The highest BCUT2D eigenvalue weighted by atomic mass is 14.2. The topological polar surface area (TPSA) is 0 Å². The number of benzene rings is 6. The summed E-state index contributed by atoms with van der Waals surface area (Å²) in [5, 5.41) is 5.15. The van der Waals surface area contributed by atoms with Crippen molar-refractivity contribution in [2.75, 3.05) is 0 Å². The van der Waals surface area contributed by atoms with E-state index in [-0.39, 0.29) is 0 Å². The first-order valence-corrected chi connectivity index (χ1v) is 12.7. The van der Waals surface area contributed by atoms with Gasteiger partial charge in [-0.2, -0.15) is 0 Å². The van der Waals surface area contributed by atoms with Gasteiger partial charge in [-0.15, -0.1) is 0 Å². The molecule has 0 nitrogen and oxygen atoms in total. The van der Waals surface area contributed by atoms with Crippen LogP contribution in [0, 0.1) is 27.7 Å². The molecule has 0 saturated carbocycles. The molecule has 0 N–H and O–H groups in total. The van der Waals surface area contributed by atoms with Crippen molar-refractivity contribution in [3.63, 3.8) is 0 Å². The highest BCUT2D eigenvalue weighted by molar-refractivity contribution is 6.14. The largest absolute Gasteiger partial charge is 0.0620 e. The van der Waals surface area contributed by atoms with Crippen LogP contribution < -0.4 is 0 Å². The fourth-order valence-corrected chi connectivity index (χ4v) is 5.69. The molecule has 0 aliphatic carbocycles. The number of aryl methyl sites for hydroxylation is 4. The Labute approximate surface area is 213 Å². The van der Waals surface area contributed by atoms with Gasteiger partial charge in [0.1, 0.15) is 0 Å². The van der Waals surface area contributed by atoms with E-state index in [1.807, 2.05) is 0 Å². The van der Waals surface area contributed by atoms with Gasteiger partial charge in [-0.05, 0) is 112 Å². The Morgan fingerprint density at radius 2 is 0.861 bits per heavy atom. The van der Waals surface area contributed by atoms with Crippen LogP contribution in [0.5, 0.6) is 0 Å². The minimum absolute atomic E-state index is 1.27. The average Bonchev–Trinajstić information content (AvgIpc) is 2.86. The Hall–Kier alpha value is -4.16. The summed E-state index contributed by atoms with van der Waals surface area (Å²) in [6.07, 6.45) is 0. The Balaban J connectivity index is 1.68. The number of hydrogen-bond acceptors (Lipinski definition) is 0.